The van der Waals surface area contributed by atoms with Gasteiger partial charge in [0.15, 0.2) is 0 Å². The summed E-state index contributed by atoms with van der Waals surface area (Å²) >= 11 is 0. The van der Waals surface area contributed by atoms with Gasteiger partial charge in [0.05, 0.1) is 24.9 Å². The van der Waals surface area contributed by atoms with E-state index in [1.54, 1.807) is 24.3 Å². The maximum atomic E-state index is 13.5. The summed E-state index contributed by atoms with van der Waals surface area (Å²) in [4.78, 5) is 11.8. The number of carbonyl (C=O) groups is 1. The summed E-state index contributed by atoms with van der Waals surface area (Å²) in [5, 5.41) is 15.2. The van der Waals surface area contributed by atoms with Crippen LogP contribution in [0.1, 0.15) is 11.7 Å². The number of hydrogen-bond donors (Lipinski definition) is 3. The van der Waals surface area contributed by atoms with Crippen LogP contribution >= 0.6 is 0 Å². The molecule has 0 saturated heterocycles. The fraction of sp³-hybridized carbons (Fsp3) is 0.235. The molecule has 0 radical (unpaired) electrons. The highest BCUT2D eigenvalue weighted by atomic mass is 19.1. The second kappa shape index (κ2) is 8.26. The summed E-state index contributed by atoms with van der Waals surface area (Å²) < 4.78 is 32.2. The molecule has 1 unspecified atom stereocenters. The van der Waals surface area contributed by atoms with Gasteiger partial charge in [-0.05, 0) is 24.3 Å². The Hall–Kier alpha value is -2.67. The van der Waals surface area contributed by atoms with Crippen molar-refractivity contribution in [1.82, 2.24) is 5.32 Å². The maximum absolute atomic E-state index is 13.5. The summed E-state index contributed by atoms with van der Waals surface area (Å²) in [6, 6.07) is 10.4. The SMILES string of the molecule is COc1ccccc1NCC(=O)NCC(O)c1c(F)cccc1F. The minimum absolute atomic E-state index is 0.0765. The quantitative estimate of drug-likeness (QED) is 0.725. The van der Waals surface area contributed by atoms with Crippen LogP contribution in [0, 0.1) is 11.6 Å². The van der Waals surface area contributed by atoms with Crippen LogP contribution in [0.4, 0.5) is 14.5 Å². The van der Waals surface area contributed by atoms with Gasteiger partial charge in [0.1, 0.15) is 23.5 Å². The van der Waals surface area contributed by atoms with Crippen LogP contribution in [-0.4, -0.2) is 31.2 Å². The number of aliphatic hydroxyl groups excluding tert-OH is 1. The number of rotatable bonds is 7. The molecule has 0 fully saturated rings. The van der Waals surface area contributed by atoms with Gasteiger partial charge in [0.2, 0.25) is 5.91 Å². The number of aliphatic hydroxyl groups is 1. The Morgan fingerprint density at radius 3 is 2.50 bits per heavy atom. The molecule has 5 nitrogen and oxygen atoms in total. The Morgan fingerprint density at radius 1 is 1.17 bits per heavy atom. The van der Waals surface area contributed by atoms with E-state index in [0.29, 0.717) is 11.4 Å². The topological polar surface area (TPSA) is 70.6 Å². The minimum atomic E-state index is -1.47. The van der Waals surface area contributed by atoms with Crippen molar-refractivity contribution in [2.24, 2.45) is 0 Å². The lowest BCUT2D eigenvalue weighted by Crippen LogP contribution is -2.33. The number of benzene rings is 2. The molecule has 128 valence electrons. The molecule has 0 aromatic heterocycles. The molecule has 1 atom stereocenters. The van der Waals surface area contributed by atoms with Gasteiger partial charge in [-0.1, -0.05) is 18.2 Å². The highest BCUT2D eigenvalue weighted by Crippen LogP contribution is 2.22. The molecule has 0 aliphatic rings. The number of methoxy groups -OCH3 is 1. The molecule has 0 aliphatic heterocycles. The van der Waals surface area contributed by atoms with Gasteiger partial charge >= 0.3 is 0 Å². The Kier molecular flexibility index (Phi) is 6.08. The van der Waals surface area contributed by atoms with Crippen molar-refractivity contribution in [2.45, 2.75) is 6.10 Å². The van der Waals surface area contributed by atoms with Gasteiger partial charge < -0.3 is 20.5 Å². The van der Waals surface area contributed by atoms with Crippen LogP contribution in [0.15, 0.2) is 42.5 Å². The second-order valence-electron chi connectivity index (χ2n) is 5.01. The Bertz CT molecular complexity index is 690. The third-order valence-corrected chi connectivity index (χ3v) is 3.37. The van der Waals surface area contributed by atoms with Crippen molar-refractivity contribution < 1.29 is 23.4 Å². The summed E-state index contributed by atoms with van der Waals surface area (Å²) in [6.45, 7) is -0.378. The van der Waals surface area contributed by atoms with E-state index in [-0.39, 0.29) is 13.1 Å². The molecule has 0 bridgehead atoms. The molecule has 7 heteroatoms. The maximum Gasteiger partial charge on any atom is 0.239 e. The van der Waals surface area contributed by atoms with Crippen LogP contribution in [0.3, 0.4) is 0 Å². The average molecular weight is 336 g/mol. The first kappa shape index (κ1) is 17.7. The van der Waals surface area contributed by atoms with Gasteiger partial charge in [0, 0.05) is 6.54 Å². The summed E-state index contributed by atoms with van der Waals surface area (Å²) in [6.07, 6.45) is -1.47. The fourth-order valence-electron chi connectivity index (χ4n) is 2.17. The monoisotopic (exact) mass is 336 g/mol. The van der Waals surface area contributed by atoms with Crippen molar-refractivity contribution in [3.05, 3.63) is 59.7 Å². The number of halogens is 2. The van der Waals surface area contributed by atoms with Gasteiger partial charge in [-0.25, -0.2) is 8.78 Å². The summed E-state index contributed by atoms with van der Waals surface area (Å²) in [5.74, 6) is -1.57. The van der Waals surface area contributed by atoms with E-state index < -0.39 is 29.2 Å². The molecule has 0 spiro atoms. The molecule has 0 saturated carbocycles. The standard InChI is InChI=1S/C17H18F2N2O3/c1-24-15-8-3-2-7-13(15)20-10-16(23)21-9-14(22)17-11(18)5-4-6-12(17)19/h2-8,14,20,22H,9-10H2,1H3,(H,21,23). The molecule has 1 amide bonds. The molecule has 0 heterocycles. The molecule has 2 aromatic rings. The number of ether oxygens (including phenoxy) is 1. The number of carbonyl (C=O) groups excluding carboxylic acids is 1. The van der Waals surface area contributed by atoms with E-state index in [4.69, 9.17) is 4.74 Å². The van der Waals surface area contributed by atoms with Gasteiger partial charge in [-0.2, -0.15) is 0 Å². The zero-order valence-corrected chi connectivity index (χ0v) is 13.1. The van der Waals surface area contributed by atoms with Crippen molar-refractivity contribution in [3.63, 3.8) is 0 Å². The average Bonchev–Trinajstić information content (AvgIpc) is 2.58. The number of anilines is 1. The van der Waals surface area contributed by atoms with Gasteiger partial charge in [-0.15, -0.1) is 0 Å². The molecule has 0 aliphatic carbocycles. The highest BCUT2D eigenvalue weighted by molar-refractivity contribution is 5.81. The highest BCUT2D eigenvalue weighted by Gasteiger charge is 2.18. The van der Waals surface area contributed by atoms with Crippen molar-refractivity contribution in [3.8, 4) is 5.75 Å². The van der Waals surface area contributed by atoms with Crippen molar-refractivity contribution in [2.75, 3.05) is 25.5 Å². The molecule has 2 rings (SSSR count). The van der Waals surface area contributed by atoms with Crippen LogP contribution in [0.2, 0.25) is 0 Å². The largest absolute Gasteiger partial charge is 0.495 e. The lowest BCUT2D eigenvalue weighted by Gasteiger charge is -2.15. The minimum Gasteiger partial charge on any atom is -0.495 e. The third-order valence-electron chi connectivity index (χ3n) is 3.37. The normalized spacial score (nSPS) is 11.7. The first-order chi connectivity index (χ1) is 11.5. The summed E-state index contributed by atoms with van der Waals surface area (Å²) in [5.41, 5.74) is 0.173. The molecule has 3 N–H and O–H groups in total. The van der Waals surface area contributed by atoms with Crippen LogP contribution < -0.4 is 15.4 Å². The molecule has 2 aromatic carbocycles. The van der Waals surface area contributed by atoms with E-state index >= 15 is 0 Å². The predicted molar refractivity (Wildman–Crippen MR) is 85.8 cm³/mol. The predicted octanol–water partition coefficient (Wildman–Crippen LogP) is 2.24. The fourth-order valence-corrected chi connectivity index (χ4v) is 2.17. The van der Waals surface area contributed by atoms with E-state index in [9.17, 15) is 18.7 Å². The van der Waals surface area contributed by atoms with Crippen LogP contribution in [0.5, 0.6) is 5.75 Å². The van der Waals surface area contributed by atoms with E-state index in [1.165, 1.54) is 13.2 Å². The van der Waals surface area contributed by atoms with E-state index in [1.807, 2.05) is 0 Å². The Labute approximate surface area is 138 Å². The first-order valence-electron chi connectivity index (χ1n) is 7.28. The van der Waals surface area contributed by atoms with E-state index in [0.717, 1.165) is 12.1 Å². The van der Waals surface area contributed by atoms with Gasteiger partial charge in [-0.3, -0.25) is 4.79 Å². The number of hydrogen-bond acceptors (Lipinski definition) is 4. The molecular formula is C17H18F2N2O3. The van der Waals surface area contributed by atoms with Crippen LogP contribution in [-0.2, 0) is 4.79 Å². The van der Waals surface area contributed by atoms with Crippen LogP contribution in [0.25, 0.3) is 0 Å². The molecular weight excluding hydrogens is 318 g/mol. The number of para-hydroxylation sites is 2. The third kappa shape index (κ3) is 4.42. The second-order valence-corrected chi connectivity index (χ2v) is 5.01. The first-order valence-corrected chi connectivity index (χ1v) is 7.28. The lowest BCUT2D eigenvalue weighted by molar-refractivity contribution is -0.119. The number of nitrogens with one attached hydrogen (secondary N) is 2. The Morgan fingerprint density at radius 2 is 1.83 bits per heavy atom. The Balaban J connectivity index is 1.87. The van der Waals surface area contributed by atoms with E-state index in [2.05, 4.69) is 10.6 Å². The zero-order valence-electron chi connectivity index (χ0n) is 13.1. The van der Waals surface area contributed by atoms with Crippen molar-refractivity contribution >= 4 is 11.6 Å². The molecule has 24 heavy (non-hydrogen) atoms. The zero-order chi connectivity index (χ0) is 17.5. The summed E-state index contributed by atoms with van der Waals surface area (Å²) in [7, 11) is 1.51. The number of amides is 1. The lowest BCUT2D eigenvalue weighted by atomic mass is 10.1. The van der Waals surface area contributed by atoms with Crippen molar-refractivity contribution in [1.29, 1.82) is 0 Å². The smallest absolute Gasteiger partial charge is 0.239 e. The van der Waals surface area contributed by atoms with Gasteiger partial charge in [0.25, 0.3) is 0 Å².